The molecule has 2 aliphatic rings. The summed E-state index contributed by atoms with van der Waals surface area (Å²) in [5, 5.41) is 1.48. The van der Waals surface area contributed by atoms with E-state index in [0.29, 0.717) is 28.0 Å². The van der Waals surface area contributed by atoms with E-state index >= 15 is 0 Å². The molecule has 0 atom stereocenters. The molecule has 0 spiro atoms. The van der Waals surface area contributed by atoms with Crippen molar-refractivity contribution in [2.45, 2.75) is 6.92 Å². The van der Waals surface area contributed by atoms with Crippen LogP contribution in [0.4, 0.5) is 0 Å². The number of carbonyl (C=O) groups is 2. The Labute approximate surface area is 107 Å². The molecule has 0 saturated heterocycles. The third-order valence-electron chi connectivity index (χ3n) is 3.42. The topological polar surface area (TPSA) is 61.8 Å². The fraction of sp³-hybridized carbons (Fsp3) is 0.143. The van der Waals surface area contributed by atoms with Gasteiger partial charge < -0.3 is 14.2 Å². The summed E-state index contributed by atoms with van der Waals surface area (Å²) in [6.07, 6.45) is 0. The van der Waals surface area contributed by atoms with E-state index in [0.717, 1.165) is 10.9 Å². The molecule has 0 aliphatic carbocycles. The van der Waals surface area contributed by atoms with Crippen molar-refractivity contribution in [1.29, 1.82) is 0 Å². The minimum absolute atomic E-state index is 0.163. The fourth-order valence-electron chi connectivity index (χ4n) is 2.59. The van der Waals surface area contributed by atoms with Gasteiger partial charge in [-0.05, 0) is 30.0 Å². The molecule has 2 heterocycles. The number of cyclic esters (lactones) is 2. The van der Waals surface area contributed by atoms with E-state index in [4.69, 9.17) is 14.2 Å². The van der Waals surface area contributed by atoms with Crippen LogP contribution < -0.4 is 9.47 Å². The van der Waals surface area contributed by atoms with E-state index in [1.54, 1.807) is 19.1 Å². The number of fused-ring (bicyclic) bond motifs is 4. The van der Waals surface area contributed by atoms with Crippen molar-refractivity contribution >= 4 is 22.7 Å². The zero-order valence-electron chi connectivity index (χ0n) is 9.98. The maximum Gasteiger partial charge on any atom is 0.347 e. The van der Waals surface area contributed by atoms with Gasteiger partial charge in [0, 0.05) is 5.39 Å². The summed E-state index contributed by atoms with van der Waals surface area (Å²) in [4.78, 5) is 23.5. The van der Waals surface area contributed by atoms with Gasteiger partial charge in [0.25, 0.3) is 0 Å². The molecule has 19 heavy (non-hydrogen) atoms. The van der Waals surface area contributed by atoms with Gasteiger partial charge in [-0.1, -0.05) is 6.07 Å². The number of benzene rings is 2. The number of hydrogen-bond donors (Lipinski definition) is 0. The summed E-state index contributed by atoms with van der Waals surface area (Å²) >= 11 is 0. The van der Waals surface area contributed by atoms with Crippen LogP contribution >= 0.6 is 0 Å². The number of esters is 2. The SMILES string of the molecule is Cc1cc2cc3c(cc2c2c1C(=O)OC2=O)OCO3. The van der Waals surface area contributed by atoms with Crippen molar-refractivity contribution < 1.29 is 23.8 Å². The van der Waals surface area contributed by atoms with Crippen molar-refractivity contribution in [3.63, 3.8) is 0 Å². The summed E-state index contributed by atoms with van der Waals surface area (Å²) < 4.78 is 15.3. The second-order valence-electron chi connectivity index (χ2n) is 4.55. The Morgan fingerprint density at radius 2 is 1.63 bits per heavy atom. The third kappa shape index (κ3) is 1.24. The molecule has 0 N–H and O–H groups in total. The highest BCUT2D eigenvalue weighted by atomic mass is 16.7. The van der Waals surface area contributed by atoms with Crippen LogP contribution in [0.1, 0.15) is 26.3 Å². The molecule has 0 unspecified atom stereocenters. The molecule has 0 radical (unpaired) electrons. The lowest BCUT2D eigenvalue weighted by molar-refractivity contribution is 0.0444. The van der Waals surface area contributed by atoms with Gasteiger partial charge in [0.1, 0.15) is 0 Å². The molecule has 94 valence electrons. The van der Waals surface area contributed by atoms with E-state index in [1.807, 2.05) is 6.07 Å². The molecule has 5 nitrogen and oxygen atoms in total. The lowest BCUT2D eigenvalue weighted by atomic mass is 9.95. The third-order valence-corrected chi connectivity index (χ3v) is 3.42. The van der Waals surface area contributed by atoms with Crippen LogP contribution in [-0.2, 0) is 4.74 Å². The molecule has 5 heteroatoms. The number of ether oxygens (including phenoxy) is 3. The monoisotopic (exact) mass is 256 g/mol. The first-order chi connectivity index (χ1) is 9.15. The van der Waals surface area contributed by atoms with Gasteiger partial charge in [-0.2, -0.15) is 0 Å². The summed E-state index contributed by atoms with van der Waals surface area (Å²) in [5.41, 5.74) is 1.38. The van der Waals surface area contributed by atoms with E-state index in [1.165, 1.54) is 0 Å². The molecular weight excluding hydrogens is 248 g/mol. The maximum atomic E-state index is 11.8. The number of aryl methyl sites for hydroxylation is 1. The lowest BCUT2D eigenvalue weighted by Crippen LogP contribution is -1.97. The second-order valence-corrected chi connectivity index (χ2v) is 4.55. The molecule has 2 aliphatic heterocycles. The number of carbonyl (C=O) groups excluding carboxylic acids is 2. The molecule has 0 fully saturated rings. The van der Waals surface area contributed by atoms with Crippen LogP contribution in [0.5, 0.6) is 11.5 Å². The molecule has 0 saturated carbocycles. The van der Waals surface area contributed by atoms with Crippen LogP contribution in [0.15, 0.2) is 18.2 Å². The number of hydrogen-bond acceptors (Lipinski definition) is 5. The van der Waals surface area contributed by atoms with Crippen molar-refractivity contribution in [1.82, 2.24) is 0 Å². The smallest absolute Gasteiger partial charge is 0.347 e. The minimum atomic E-state index is -0.604. The summed E-state index contributed by atoms with van der Waals surface area (Å²) in [6.45, 7) is 1.94. The second kappa shape index (κ2) is 3.26. The van der Waals surface area contributed by atoms with Crippen LogP contribution in [-0.4, -0.2) is 18.7 Å². The van der Waals surface area contributed by atoms with E-state index in [9.17, 15) is 9.59 Å². The highest BCUT2D eigenvalue weighted by molar-refractivity contribution is 6.22. The van der Waals surface area contributed by atoms with Crippen molar-refractivity contribution in [3.05, 3.63) is 34.9 Å². The van der Waals surface area contributed by atoms with Crippen LogP contribution in [0, 0.1) is 6.92 Å². The van der Waals surface area contributed by atoms with Crippen LogP contribution in [0.3, 0.4) is 0 Å². The fourth-order valence-corrected chi connectivity index (χ4v) is 2.59. The van der Waals surface area contributed by atoms with Crippen molar-refractivity contribution in [2.24, 2.45) is 0 Å². The van der Waals surface area contributed by atoms with Gasteiger partial charge in [-0.25, -0.2) is 9.59 Å². The predicted molar refractivity (Wildman–Crippen MR) is 64.6 cm³/mol. The quantitative estimate of drug-likeness (QED) is 0.534. The van der Waals surface area contributed by atoms with Gasteiger partial charge in [0.05, 0.1) is 11.1 Å². The van der Waals surface area contributed by atoms with Gasteiger partial charge in [0.2, 0.25) is 6.79 Å². The molecule has 0 aromatic heterocycles. The summed E-state index contributed by atoms with van der Waals surface area (Å²) in [6, 6.07) is 5.37. The summed E-state index contributed by atoms with van der Waals surface area (Å²) in [7, 11) is 0. The van der Waals surface area contributed by atoms with E-state index < -0.39 is 11.9 Å². The Kier molecular flexibility index (Phi) is 1.78. The Morgan fingerprint density at radius 3 is 2.42 bits per heavy atom. The van der Waals surface area contributed by atoms with Gasteiger partial charge in [0.15, 0.2) is 11.5 Å². The largest absolute Gasteiger partial charge is 0.454 e. The van der Waals surface area contributed by atoms with Crippen molar-refractivity contribution in [2.75, 3.05) is 6.79 Å². The normalized spacial score (nSPS) is 15.8. The molecule has 2 aromatic carbocycles. The standard InChI is InChI=1S/C14H8O5/c1-6-2-7-3-9-10(18-5-17-9)4-8(7)12-11(6)13(15)19-14(12)16/h2-4H,5H2,1H3. The first kappa shape index (κ1) is 10.4. The Morgan fingerprint density at radius 1 is 0.947 bits per heavy atom. The molecule has 4 rings (SSSR count). The number of rotatable bonds is 0. The minimum Gasteiger partial charge on any atom is -0.454 e. The average molecular weight is 256 g/mol. The van der Waals surface area contributed by atoms with Crippen LogP contribution in [0.2, 0.25) is 0 Å². The molecular formula is C14H8O5. The molecule has 0 amide bonds. The van der Waals surface area contributed by atoms with E-state index in [2.05, 4.69) is 0 Å². The summed E-state index contributed by atoms with van der Waals surface area (Å²) in [5.74, 6) is 0.0277. The zero-order chi connectivity index (χ0) is 13.1. The average Bonchev–Trinajstić information content (AvgIpc) is 2.91. The van der Waals surface area contributed by atoms with Gasteiger partial charge in [-0.15, -0.1) is 0 Å². The zero-order valence-corrected chi connectivity index (χ0v) is 9.98. The van der Waals surface area contributed by atoms with Gasteiger partial charge >= 0.3 is 11.9 Å². The first-order valence-electron chi connectivity index (χ1n) is 5.78. The highest BCUT2D eigenvalue weighted by Gasteiger charge is 2.34. The molecule has 0 bridgehead atoms. The lowest BCUT2D eigenvalue weighted by Gasteiger charge is -2.06. The Hall–Kier alpha value is -2.56. The highest BCUT2D eigenvalue weighted by Crippen LogP contribution is 2.40. The Balaban J connectivity index is 2.16. The van der Waals surface area contributed by atoms with E-state index in [-0.39, 0.29) is 6.79 Å². The first-order valence-corrected chi connectivity index (χ1v) is 5.78. The maximum absolute atomic E-state index is 11.8. The Bertz CT molecular complexity index is 775. The van der Waals surface area contributed by atoms with Gasteiger partial charge in [-0.3, -0.25) is 0 Å². The molecule has 2 aromatic rings. The predicted octanol–water partition coefficient (Wildman–Crippen LogP) is 2.19. The van der Waals surface area contributed by atoms with Crippen LogP contribution in [0.25, 0.3) is 10.8 Å². The van der Waals surface area contributed by atoms with Crippen molar-refractivity contribution in [3.8, 4) is 11.5 Å².